The lowest BCUT2D eigenvalue weighted by molar-refractivity contribution is -0.384. The summed E-state index contributed by atoms with van der Waals surface area (Å²) in [6, 6.07) is 6.50. The summed E-state index contributed by atoms with van der Waals surface area (Å²) in [6.07, 6.45) is 5.16. The summed E-state index contributed by atoms with van der Waals surface area (Å²) in [7, 11) is 0. The van der Waals surface area contributed by atoms with E-state index in [0.29, 0.717) is 31.7 Å². The predicted molar refractivity (Wildman–Crippen MR) is 122 cm³/mol. The molecule has 1 aromatic carbocycles. The van der Waals surface area contributed by atoms with Crippen molar-refractivity contribution in [3.63, 3.8) is 0 Å². The topological polar surface area (TPSA) is 89.8 Å². The van der Waals surface area contributed by atoms with E-state index < -0.39 is 4.92 Å². The van der Waals surface area contributed by atoms with Gasteiger partial charge in [0.2, 0.25) is 0 Å². The highest BCUT2D eigenvalue weighted by Gasteiger charge is 2.43. The molecule has 2 aliphatic rings. The summed E-state index contributed by atoms with van der Waals surface area (Å²) in [5.41, 5.74) is 0.744. The van der Waals surface area contributed by atoms with Crippen LogP contribution in [0.5, 0.6) is 0 Å². The third-order valence-corrected chi connectivity index (χ3v) is 7.26. The van der Waals surface area contributed by atoms with Gasteiger partial charge in [0.1, 0.15) is 11.9 Å². The zero-order valence-corrected chi connectivity index (χ0v) is 19.3. The van der Waals surface area contributed by atoms with E-state index in [1.165, 1.54) is 12.1 Å². The summed E-state index contributed by atoms with van der Waals surface area (Å²) in [6.45, 7) is 10.6. The van der Waals surface area contributed by atoms with Gasteiger partial charge in [0.25, 0.3) is 5.69 Å². The number of hydrogen-bond donors (Lipinski definition) is 0. The van der Waals surface area contributed by atoms with E-state index in [-0.39, 0.29) is 41.0 Å². The third-order valence-electron chi connectivity index (χ3n) is 7.26. The lowest BCUT2D eigenvalue weighted by Crippen LogP contribution is -2.50. The number of amides is 1. The fourth-order valence-electron chi connectivity index (χ4n) is 5.25. The van der Waals surface area contributed by atoms with Crippen LogP contribution in [0, 0.1) is 22.0 Å². The van der Waals surface area contributed by atoms with Gasteiger partial charge < -0.3 is 9.64 Å². The highest BCUT2D eigenvalue weighted by Crippen LogP contribution is 2.44. The van der Waals surface area contributed by atoms with Crippen molar-refractivity contribution in [3.05, 3.63) is 52.6 Å². The number of nitro benzene ring substituents is 1. The van der Waals surface area contributed by atoms with E-state index >= 15 is 0 Å². The Kier molecular flexibility index (Phi) is 7.36. The number of hydrogen-bond acceptors (Lipinski definition) is 5. The van der Waals surface area contributed by atoms with Gasteiger partial charge in [-0.25, -0.2) is 4.79 Å². The molecular weight excluding hydrogens is 408 g/mol. The Morgan fingerprint density at radius 1 is 1.31 bits per heavy atom. The first-order chi connectivity index (χ1) is 15.1. The number of nitro groups is 1. The maximum atomic E-state index is 13.2. The molecule has 174 valence electrons. The minimum atomic E-state index is -0.396. The van der Waals surface area contributed by atoms with Crippen LogP contribution in [-0.4, -0.2) is 40.4 Å². The molecule has 0 unspecified atom stereocenters. The van der Waals surface area contributed by atoms with E-state index in [9.17, 15) is 19.7 Å². The number of rotatable bonds is 6. The van der Waals surface area contributed by atoms with Gasteiger partial charge in [0, 0.05) is 43.5 Å². The van der Waals surface area contributed by atoms with Gasteiger partial charge in [-0.1, -0.05) is 45.4 Å². The van der Waals surface area contributed by atoms with Crippen molar-refractivity contribution in [1.29, 1.82) is 0 Å². The van der Waals surface area contributed by atoms with Crippen molar-refractivity contribution in [2.24, 2.45) is 11.8 Å². The maximum Gasteiger partial charge on any atom is 0.410 e. The average Bonchev–Trinajstić information content (AvgIpc) is 2.74. The Balaban J connectivity index is 1.79. The van der Waals surface area contributed by atoms with Crippen molar-refractivity contribution in [1.82, 2.24) is 4.90 Å². The molecule has 7 nitrogen and oxygen atoms in total. The molecule has 0 radical (unpaired) electrons. The van der Waals surface area contributed by atoms with Gasteiger partial charge in [-0.3, -0.25) is 14.9 Å². The number of benzene rings is 1. The molecule has 1 aromatic rings. The van der Waals surface area contributed by atoms with E-state index in [4.69, 9.17) is 4.74 Å². The molecule has 0 N–H and O–H groups in total. The first-order valence-electron chi connectivity index (χ1n) is 11.5. The third kappa shape index (κ3) is 5.19. The molecule has 32 heavy (non-hydrogen) atoms. The first-order valence-corrected chi connectivity index (χ1v) is 11.5. The monoisotopic (exact) mass is 442 g/mol. The number of Topliss-reactive ketones (excluding diaryl/α,β-unsaturated/α-hetero) is 1. The van der Waals surface area contributed by atoms with Crippen LogP contribution in [0.15, 0.2) is 36.9 Å². The average molecular weight is 443 g/mol. The summed E-state index contributed by atoms with van der Waals surface area (Å²) < 4.78 is 6.13. The van der Waals surface area contributed by atoms with Gasteiger partial charge >= 0.3 is 6.09 Å². The van der Waals surface area contributed by atoms with Crippen molar-refractivity contribution >= 4 is 17.6 Å². The predicted octanol–water partition coefficient (Wildman–Crippen LogP) is 5.42. The van der Waals surface area contributed by atoms with E-state index in [0.717, 1.165) is 24.8 Å². The lowest BCUT2D eigenvalue weighted by atomic mass is 9.64. The van der Waals surface area contributed by atoms with Crippen LogP contribution in [0.2, 0.25) is 0 Å². The number of carbonyl (C=O) groups is 2. The van der Waals surface area contributed by atoms with Gasteiger partial charge in [0.05, 0.1) is 4.92 Å². The molecule has 1 heterocycles. The highest BCUT2D eigenvalue weighted by molar-refractivity contribution is 5.82. The molecule has 0 aromatic heterocycles. The Labute approximate surface area is 190 Å². The number of likely N-dealkylation sites (tertiary alicyclic amines) is 1. The van der Waals surface area contributed by atoms with Crippen molar-refractivity contribution in [2.45, 2.75) is 76.9 Å². The molecule has 4 atom stereocenters. The second kappa shape index (κ2) is 9.84. The Hall–Kier alpha value is -2.70. The minimum Gasteiger partial charge on any atom is -0.446 e. The van der Waals surface area contributed by atoms with Crippen LogP contribution in [0.4, 0.5) is 10.5 Å². The Bertz CT molecular complexity index is 864. The summed E-state index contributed by atoms with van der Waals surface area (Å²) >= 11 is 0. The van der Waals surface area contributed by atoms with Gasteiger partial charge in [-0.05, 0) is 36.2 Å². The zero-order valence-electron chi connectivity index (χ0n) is 19.3. The number of carbonyl (C=O) groups excluding carboxylic acids is 2. The van der Waals surface area contributed by atoms with Crippen LogP contribution in [0.3, 0.4) is 0 Å². The minimum absolute atomic E-state index is 0.0673. The number of nitrogens with zero attached hydrogens (tertiary/aromatic N) is 2. The van der Waals surface area contributed by atoms with E-state index in [1.807, 2.05) is 12.1 Å². The Morgan fingerprint density at radius 2 is 2.00 bits per heavy atom. The molecule has 1 aliphatic heterocycles. The van der Waals surface area contributed by atoms with E-state index in [2.05, 4.69) is 27.4 Å². The molecule has 1 aliphatic carbocycles. The fourth-order valence-corrected chi connectivity index (χ4v) is 5.25. The second-order valence-corrected chi connectivity index (χ2v) is 9.84. The second-order valence-electron chi connectivity index (χ2n) is 9.84. The standard InChI is InChI=1S/C25H34N2O5/c1-5-6-20-16-21(28)13-14-26(20)24(29)32-23-15-17(2)7-12-22(23)25(3,4)18-8-10-19(11-9-18)27(30)31/h5,8-11,17,20,22-23H,1,6-7,12-16H2,2-4H3/t17-,20-,22-,23-/m1/s1. The van der Waals surface area contributed by atoms with Crippen molar-refractivity contribution in [2.75, 3.05) is 6.54 Å². The van der Waals surface area contributed by atoms with Crippen molar-refractivity contribution < 1.29 is 19.2 Å². The summed E-state index contributed by atoms with van der Waals surface area (Å²) in [5, 5.41) is 11.0. The molecule has 0 bridgehead atoms. The lowest BCUT2D eigenvalue weighted by Gasteiger charge is -2.45. The Morgan fingerprint density at radius 3 is 2.62 bits per heavy atom. The first kappa shape index (κ1) is 24.0. The summed E-state index contributed by atoms with van der Waals surface area (Å²) in [4.78, 5) is 37.4. The molecule has 2 fully saturated rings. The smallest absolute Gasteiger partial charge is 0.410 e. The summed E-state index contributed by atoms with van der Waals surface area (Å²) in [5.74, 6) is 0.710. The zero-order chi connectivity index (χ0) is 23.5. The number of piperidine rings is 1. The van der Waals surface area contributed by atoms with Crippen LogP contribution >= 0.6 is 0 Å². The van der Waals surface area contributed by atoms with Crippen LogP contribution in [0.25, 0.3) is 0 Å². The molecule has 7 heteroatoms. The van der Waals surface area contributed by atoms with Crippen LogP contribution in [0.1, 0.15) is 64.9 Å². The van der Waals surface area contributed by atoms with Crippen LogP contribution < -0.4 is 0 Å². The molecule has 1 saturated heterocycles. The van der Waals surface area contributed by atoms with Gasteiger partial charge in [-0.2, -0.15) is 0 Å². The number of non-ortho nitro benzene ring substituents is 1. The fraction of sp³-hybridized carbons (Fsp3) is 0.600. The van der Waals surface area contributed by atoms with Gasteiger partial charge in [0.15, 0.2) is 0 Å². The quantitative estimate of drug-likeness (QED) is 0.333. The SMILES string of the molecule is C=CC[C@@H]1CC(=O)CCN1C(=O)O[C@@H]1C[C@H](C)CC[C@H]1C(C)(C)c1ccc([N+](=O)[O-])cc1. The van der Waals surface area contributed by atoms with E-state index in [1.54, 1.807) is 11.0 Å². The normalized spacial score (nSPS) is 26.5. The van der Waals surface area contributed by atoms with Gasteiger partial charge in [-0.15, -0.1) is 6.58 Å². The molecule has 3 rings (SSSR count). The number of ketones is 1. The number of ether oxygens (including phenoxy) is 1. The molecule has 1 saturated carbocycles. The van der Waals surface area contributed by atoms with Crippen LogP contribution in [-0.2, 0) is 14.9 Å². The maximum absolute atomic E-state index is 13.2. The molecule has 1 amide bonds. The highest BCUT2D eigenvalue weighted by atomic mass is 16.6. The van der Waals surface area contributed by atoms with Crippen molar-refractivity contribution in [3.8, 4) is 0 Å². The molecular formula is C25H34N2O5. The largest absolute Gasteiger partial charge is 0.446 e. The molecule has 0 spiro atoms.